The summed E-state index contributed by atoms with van der Waals surface area (Å²) in [7, 11) is 2.97. The van der Waals surface area contributed by atoms with Gasteiger partial charge < -0.3 is 24.1 Å². The molecule has 0 unspecified atom stereocenters. The van der Waals surface area contributed by atoms with E-state index >= 15 is 4.39 Å². The van der Waals surface area contributed by atoms with Crippen molar-refractivity contribution in [3.63, 3.8) is 0 Å². The standard InChI is InChI=1S/C31H31FO8S2/c1-16(31(35)36)10-20(33)26-12-18-11-21(37-2)22(14-24(18)41-26)39-8-5-9-40-30-23(38-3)15-25-19(28(30)32)13-27(42-25)29(34)17-6-4-7-17/h11-17H,4-10H2,1-3H3,(H,35,36)/t16-/m0/s1. The number of Topliss-reactive ketones (excluding diaryl/α,β-unsaturated/α-hetero) is 2. The number of benzene rings is 2. The second-order valence-electron chi connectivity index (χ2n) is 10.3. The first-order chi connectivity index (χ1) is 20.2. The van der Waals surface area contributed by atoms with Crippen molar-refractivity contribution in [2.75, 3.05) is 27.4 Å². The smallest absolute Gasteiger partial charge is 0.306 e. The Bertz CT molecular complexity index is 1650. The molecule has 0 bridgehead atoms. The Labute approximate surface area is 249 Å². The molecule has 5 rings (SSSR count). The number of carboxylic acids is 1. The number of thiophene rings is 2. The number of methoxy groups -OCH3 is 2. The van der Waals surface area contributed by atoms with Gasteiger partial charge in [-0.3, -0.25) is 14.4 Å². The predicted molar refractivity (Wildman–Crippen MR) is 160 cm³/mol. The molecular weight excluding hydrogens is 583 g/mol. The molecule has 2 heterocycles. The number of carbonyl (C=O) groups excluding carboxylic acids is 2. The summed E-state index contributed by atoms with van der Waals surface area (Å²) >= 11 is 2.55. The fraction of sp³-hybridized carbons (Fsp3) is 0.387. The molecule has 1 aliphatic rings. The maximum absolute atomic E-state index is 15.5. The normalized spacial score (nSPS) is 14.0. The van der Waals surface area contributed by atoms with E-state index in [1.54, 1.807) is 30.3 Å². The number of carboxylic acid groups (broad SMARTS) is 1. The number of aliphatic carboxylic acids is 1. The fourth-order valence-electron chi connectivity index (χ4n) is 4.72. The van der Waals surface area contributed by atoms with Crippen molar-refractivity contribution in [2.45, 2.75) is 39.0 Å². The molecule has 4 aromatic rings. The van der Waals surface area contributed by atoms with E-state index in [2.05, 4.69) is 0 Å². The van der Waals surface area contributed by atoms with Crippen LogP contribution >= 0.6 is 22.7 Å². The molecule has 0 aliphatic heterocycles. The van der Waals surface area contributed by atoms with Gasteiger partial charge in [-0.25, -0.2) is 4.39 Å². The highest BCUT2D eigenvalue weighted by molar-refractivity contribution is 7.21. The molecule has 0 saturated heterocycles. The van der Waals surface area contributed by atoms with Gasteiger partial charge in [-0.1, -0.05) is 13.3 Å². The van der Waals surface area contributed by atoms with Crippen molar-refractivity contribution in [3.8, 4) is 23.0 Å². The molecular formula is C31H31FO8S2. The van der Waals surface area contributed by atoms with Crippen LogP contribution in [-0.4, -0.2) is 50.1 Å². The van der Waals surface area contributed by atoms with Crippen molar-refractivity contribution < 1.29 is 42.8 Å². The lowest BCUT2D eigenvalue weighted by Gasteiger charge is -2.22. The van der Waals surface area contributed by atoms with Crippen LogP contribution in [-0.2, 0) is 4.79 Å². The SMILES string of the molecule is COc1cc2cc(C(=O)C[C@H](C)C(=O)O)sc2cc1OCCCOc1c(OC)cc2sc(C(=O)C3CCC3)cc2c1F. The van der Waals surface area contributed by atoms with Crippen LogP contribution in [0.1, 0.15) is 58.4 Å². The molecule has 222 valence electrons. The van der Waals surface area contributed by atoms with Crippen LogP contribution in [0.15, 0.2) is 30.3 Å². The lowest BCUT2D eigenvalue weighted by molar-refractivity contribution is -0.141. The molecule has 42 heavy (non-hydrogen) atoms. The van der Waals surface area contributed by atoms with Gasteiger partial charge in [0.2, 0.25) is 0 Å². The number of ketones is 2. The van der Waals surface area contributed by atoms with Gasteiger partial charge in [-0.05, 0) is 36.4 Å². The Morgan fingerprint density at radius 3 is 2.29 bits per heavy atom. The number of carbonyl (C=O) groups is 3. The summed E-state index contributed by atoms with van der Waals surface area (Å²) in [6.45, 7) is 1.91. The lowest BCUT2D eigenvalue weighted by Crippen LogP contribution is -2.20. The number of halogens is 1. The number of fused-ring (bicyclic) bond motifs is 2. The third-order valence-corrected chi connectivity index (χ3v) is 9.64. The number of rotatable bonds is 14. The van der Waals surface area contributed by atoms with E-state index in [-0.39, 0.29) is 48.6 Å². The van der Waals surface area contributed by atoms with Crippen LogP contribution in [0.5, 0.6) is 23.0 Å². The largest absolute Gasteiger partial charge is 0.493 e. The van der Waals surface area contributed by atoms with E-state index in [9.17, 15) is 14.4 Å². The highest BCUT2D eigenvalue weighted by atomic mass is 32.1. The summed E-state index contributed by atoms with van der Waals surface area (Å²) < 4.78 is 39.5. The Morgan fingerprint density at radius 2 is 1.62 bits per heavy atom. The van der Waals surface area contributed by atoms with E-state index in [0.29, 0.717) is 37.8 Å². The van der Waals surface area contributed by atoms with E-state index in [1.807, 2.05) is 0 Å². The van der Waals surface area contributed by atoms with Gasteiger partial charge in [0, 0.05) is 45.7 Å². The van der Waals surface area contributed by atoms with Crippen LogP contribution in [0.25, 0.3) is 20.2 Å². The minimum absolute atomic E-state index is 0.00237. The Kier molecular flexibility index (Phi) is 8.98. The highest BCUT2D eigenvalue weighted by Crippen LogP contribution is 2.42. The number of hydrogen-bond acceptors (Lipinski definition) is 9. The summed E-state index contributed by atoms with van der Waals surface area (Å²) in [5.41, 5.74) is 0. The first-order valence-corrected chi connectivity index (χ1v) is 15.3. The van der Waals surface area contributed by atoms with Crippen LogP contribution in [0, 0.1) is 17.7 Å². The van der Waals surface area contributed by atoms with Crippen molar-refractivity contribution in [3.05, 3.63) is 45.9 Å². The highest BCUT2D eigenvalue weighted by Gasteiger charge is 2.28. The summed E-state index contributed by atoms with van der Waals surface area (Å²) in [5, 5.41) is 10.2. The lowest BCUT2D eigenvalue weighted by atomic mass is 9.82. The van der Waals surface area contributed by atoms with Gasteiger partial charge in [0.15, 0.2) is 40.4 Å². The molecule has 1 atom stereocenters. The van der Waals surface area contributed by atoms with Gasteiger partial charge >= 0.3 is 5.97 Å². The molecule has 1 N–H and O–H groups in total. The van der Waals surface area contributed by atoms with Crippen LogP contribution in [0.3, 0.4) is 0 Å². The monoisotopic (exact) mass is 614 g/mol. The van der Waals surface area contributed by atoms with Gasteiger partial charge in [-0.2, -0.15) is 0 Å². The first kappa shape index (κ1) is 29.8. The second kappa shape index (κ2) is 12.7. The maximum atomic E-state index is 15.5. The minimum Gasteiger partial charge on any atom is -0.493 e. The average molecular weight is 615 g/mol. The molecule has 2 aromatic heterocycles. The second-order valence-corrected chi connectivity index (χ2v) is 12.5. The van der Waals surface area contributed by atoms with Gasteiger partial charge in [0.1, 0.15) is 0 Å². The summed E-state index contributed by atoms with van der Waals surface area (Å²) in [5.74, 6) is -1.21. The van der Waals surface area contributed by atoms with Crippen molar-refractivity contribution in [2.24, 2.45) is 11.8 Å². The van der Waals surface area contributed by atoms with Gasteiger partial charge in [0.25, 0.3) is 0 Å². The molecule has 0 amide bonds. The maximum Gasteiger partial charge on any atom is 0.306 e. The van der Waals surface area contributed by atoms with E-state index < -0.39 is 17.7 Å². The van der Waals surface area contributed by atoms with Crippen molar-refractivity contribution in [1.29, 1.82) is 0 Å². The molecule has 11 heteroatoms. The molecule has 2 aromatic carbocycles. The van der Waals surface area contributed by atoms with Crippen LogP contribution < -0.4 is 18.9 Å². The Morgan fingerprint density at radius 1 is 0.929 bits per heavy atom. The zero-order valence-electron chi connectivity index (χ0n) is 23.5. The molecule has 0 radical (unpaired) electrons. The minimum atomic E-state index is -1.01. The third-order valence-electron chi connectivity index (χ3n) is 7.40. The zero-order chi connectivity index (χ0) is 30.0. The van der Waals surface area contributed by atoms with Gasteiger partial charge in [-0.15, -0.1) is 22.7 Å². The topological polar surface area (TPSA) is 108 Å². The van der Waals surface area contributed by atoms with E-state index in [0.717, 1.165) is 29.3 Å². The first-order valence-electron chi connectivity index (χ1n) is 13.7. The van der Waals surface area contributed by atoms with Crippen LogP contribution in [0.2, 0.25) is 0 Å². The van der Waals surface area contributed by atoms with E-state index in [1.165, 1.54) is 43.8 Å². The Balaban J connectivity index is 1.23. The van der Waals surface area contributed by atoms with Crippen LogP contribution in [0.4, 0.5) is 4.39 Å². The average Bonchev–Trinajstić information content (AvgIpc) is 3.56. The molecule has 1 saturated carbocycles. The van der Waals surface area contributed by atoms with Crippen molar-refractivity contribution >= 4 is 60.4 Å². The summed E-state index contributed by atoms with van der Waals surface area (Å²) in [6, 6.07) is 8.61. The van der Waals surface area contributed by atoms with Crippen molar-refractivity contribution in [1.82, 2.24) is 0 Å². The summed E-state index contributed by atoms with van der Waals surface area (Å²) in [6.07, 6.45) is 3.18. The molecule has 0 spiro atoms. The third kappa shape index (κ3) is 6.07. The van der Waals surface area contributed by atoms with E-state index in [4.69, 9.17) is 24.1 Å². The number of hydrogen-bond donors (Lipinski definition) is 1. The molecule has 1 fully saturated rings. The Hall–Kier alpha value is -3.70. The fourth-order valence-corrected chi connectivity index (χ4v) is 6.84. The predicted octanol–water partition coefficient (Wildman–Crippen LogP) is 7.40. The van der Waals surface area contributed by atoms with Gasteiger partial charge in [0.05, 0.1) is 43.1 Å². The quantitative estimate of drug-likeness (QED) is 0.116. The summed E-state index contributed by atoms with van der Waals surface area (Å²) in [4.78, 5) is 37.4. The molecule has 1 aliphatic carbocycles. The molecule has 8 nitrogen and oxygen atoms in total. The zero-order valence-corrected chi connectivity index (χ0v) is 25.1. The number of ether oxygens (including phenoxy) is 4.